The van der Waals surface area contributed by atoms with Crippen molar-refractivity contribution in [3.05, 3.63) is 0 Å². The van der Waals surface area contributed by atoms with Crippen LogP contribution < -0.4 is 0 Å². The van der Waals surface area contributed by atoms with Crippen molar-refractivity contribution in [1.82, 2.24) is 0 Å². The number of rotatable bonds is 4. The Morgan fingerprint density at radius 2 is 1.18 bits per heavy atom. The molecule has 0 radical (unpaired) electrons. The Morgan fingerprint density at radius 1 is 0.909 bits per heavy atom. The Kier molecular flexibility index (Phi) is 19.6. The molecule has 11 heavy (non-hydrogen) atoms. The second kappa shape index (κ2) is 11.7. The first-order chi connectivity index (χ1) is 4.13. The predicted octanol–water partition coefficient (Wildman–Crippen LogP) is 0.739. The van der Waals surface area contributed by atoms with Crippen LogP contribution >= 0.6 is 0 Å². The van der Waals surface area contributed by atoms with Gasteiger partial charge < -0.3 is 0 Å². The molecular weight excluding hydrogens is 157 g/mol. The monoisotopic (exact) mass is 180 g/mol. The van der Waals surface area contributed by atoms with Crippen LogP contribution in [0.5, 0.6) is 0 Å². The molecule has 0 fully saturated rings. The zero-order chi connectivity index (χ0) is 7.28. The Labute approximate surface area is 101 Å². The molecule has 62 valence electrons. The van der Waals surface area contributed by atoms with E-state index in [0.29, 0.717) is 15.2 Å². The van der Waals surface area contributed by atoms with Crippen molar-refractivity contribution in [2.24, 2.45) is 11.8 Å². The fourth-order valence-corrected chi connectivity index (χ4v) is 2.80. The summed E-state index contributed by atoms with van der Waals surface area (Å²) in [5, 5.41) is 3.08. The number of hydrogen-bond acceptors (Lipinski definition) is 0. The Morgan fingerprint density at radius 3 is 1.36 bits per heavy atom. The molecule has 0 nitrogen and oxygen atoms in total. The number of hydrogen-bond donors (Lipinski definition) is 0. The van der Waals surface area contributed by atoms with Gasteiger partial charge in [0.15, 0.2) is 17.4 Å². The second-order valence-electron chi connectivity index (χ2n) is 3.72. The van der Waals surface area contributed by atoms with Gasteiger partial charge in [0.25, 0.3) is 0 Å². The molecule has 0 amide bonds. The van der Waals surface area contributed by atoms with E-state index in [0.717, 1.165) is 11.8 Å². The van der Waals surface area contributed by atoms with E-state index in [1.54, 1.807) is 0 Å². The molecule has 0 rings (SSSR count). The summed E-state index contributed by atoms with van der Waals surface area (Å²) in [6.45, 7) is 9.31. The summed E-state index contributed by atoms with van der Waals surface area (Å²) in [5.74, 6) is 1.91. The summed E-state index contributed by atoms with van der Waals surface area (Å²) in [6.07, 6.45) is 0. The molecule has 0 aliphatic rings. The summed E-state index contributed by atoms with van der Waals surface area (Å²) in [6, 6.07) is 0. The average Bonchev–Trinajstić information content (AvgIpc) is 1.63. The molecule has 0 atom stereocenters. The third kappa shape index (κ3) is 18.5. The van der Waals surface area contributed by atoms with Gasteiger partial charge in [-0.25, -0.2) is 0 Å². The Balaban J connectivity index is -0.000000320. The standard InChI is InChI=1S/2C4H9.2Al.Li.5H/c2*1-4(2)3;;;;;;;;/h2*4H,1H2,2-3H3;;;;;;;;. The molecule has 0 aromatic rings. The SMILES string of the molecule is CC(C)[CH2][AlH][CH2]C(C)C.[AlH3].[LiH]. The van der Waals surface area contributed by atoms with Gasteiger partial charge in [-0.2, -0.15) is 0 Å². The van der Waals surface area contributed by atoms with Gasteiger partial charge >= 0.3 is 18.9 Å². The van der Waals surface area contributed by atoms with Gasteiger partial charge in [-0.15, -0.1) is 0 Å². The van der Waals surface area contributed by atoms with Crippen LogP contribution in [0.4, 0.5) is 0 Å². The van der Waals surface area contributed by atoms with Gasteiger partial charge in [-0.3, -0.25) is 0 Å². The quantitative estimate of drug-likeness (QED) is 0.560. The van der Waals surface area contributed by atoms with Crippen LogP contribution in [0.1, 0.15) is 27.7 Å². The molecule has 0 unspecified atom stereocenters. The van der Waals surface area contributed by atoms with Crippen LogP contribution in [-0.2, 0) is 0 Å². The minimum atomic E-state index is 0. The van der Waals surface area contributed by atoms with Crippen molar-refractivity contribution in [2.75, 3.05) is 0 Å². The van der Waals surface area contributed by atoms with Crippen LogP contribution in [0.3, 0.4) is 0 Å². The van der Waals surface area contributed by atoms with Crippen molar-refractivity contribution in [2.45, 2.75) is 38.3 Å². The first-order valence-electron chi connectivity index (χ1n) is 4.13. The molecule has 0 spiro atoms. The van der Waals surface area contributed by atoms with Crippen LogP contribution in [0.15, 0.2) is 0 Å². The molecule has 3 heteroatoms. The van der Waals surface area contributed by atoms with Crippen molar-refractivity contribution >= 4 is 51.4 Å². The summed E-state index contributed by atoms with van der Waals surface area (Å²) in [4.78, 5) is 0. The van der Waals surface area contributed by atoms with Gasteiger partial charge in [0.1, 0.15) is 0 Å². The normalized spacial score (nSPS) is 8.91. The Hall–Kier alpha value is 1.66. The van der Waals surface area contributed by atoms with Crippen LogP contribution in [0.25, 0.3) is 0 Å². The van der Waals surface area contributed by atoms with E-state index in [2.05, 4.69) is 27.7 Å². The van der Waals surface area contributed by atoms with E-state index >= 15 is 0 Å². The van der Waals surface area contributed by atoms with Crippen molar-refractivity contribution in [3.63, 3.8) is 0 Å². The topological polar surface area (TPSA) is 0 Å². The van der Waals surface area contributed by atoms with Gasteiger partial charge in [0.05, 0.1) is 0 Å². The summed E-state index contributed by atoms with van der Waals surface area (Å²) >= 11 is 0.316. The Bertz CT molecular complexity index is 57.1. The molecule has 0 aromatic heterocycles. The van der Waals surface area contributed by atoms with Crippen molar-refractivity contribution in [1.29, 1.82) is 0 Å². The molecule has 0 N–H and O–H groups in total. The van der Waals surface area contributed by atoms with E-state index in [-0.39, 0.29) is 36.2 Å². The molecule has 0 aliphatic carbocycles. The molecule has 0 aliphatic heterocycles. The zero-order valence-corrected chi connectivity index (χ0v) is 8.69. The van der Waals surface area contributed by atoms with E-state index < -0.39 is 0 Å². The van der Waals surface area contributed by atoms with Crippen molar-refractivity contribution in [3.8, 4) is 0 Å². The van der Waals surface area contributed by atoms with Gasteiger partial charge in [0.2, 0.25) is 15.2 Å². The zero-order valence-electron chi connectivity index (χ0n) is 7.28. The molecule has 0 heterocycles. The molecular formula is C8H23Al2Li. The van der Waals surface area contributed by atoms with Gasteiger partial charge in [-0.1, -0.05) is 50.1 Å². The van der Waals surface area contributed by atoms with E-state index in [4.69, 9.17) is 0 Å². The molecule has 0 bridgehead atoms. The van der Waals surface area contributed by atoms with Crippen molar-refractivity contribution < 1.29 is 0 Å². The minimum absolute atomic E-state index is 0. The third-order valence-corrected chi connectivity index (χ3v) is 4.69. The van der Waals surface area contributed by atoms with Crippen LogP contribution in [0.2, 0.25) is 10.6 Å². The summed E-state index contributed by atoms with van der Waals surface area (Å²) < 4.78 is 0. The molecule has 0 saturated carbocycles. The summed E-state index contributed by atoms with van der Waals surface area (Å²) in [7, 11) is 0. The second-order valence-corrected chi connectivity index (χ2v) is 5.58. The predicted molar refractivity (Wildman–Crippen MR) is 63.5 cm³/mol. The van der Waals surface area contributed by atoms with Crippen LogP contribution in [-0.4, -0.2) is 51.4 Å². The summed E-state index contributed by atoms with van der Waals surface area (Å²) in [5.41, 5.74) is 0. The fraction of sp³-hybridized carbons (Fsp3) is 1.00. The average molecular weight is 180 g/mol. The van der Waals surface area contributed by atoms with Gasteiger partial charge in [0, 0.05) is 0 Å². The van der Waals surface area contributed by atoms with Crippen LogP contribution in [0, 0.1) is 11.8 Å². The first kappa shape index (κ1) is 18.4. The van der Waals surface area contributed by atoms with E-state index in [9.17, 15) is 0 Å². The fourth-order valence-electron chi connectivity index (χ4n) is 0.934. The maximum absolute atomic E-state index is 2.33. The van der Waals surface area contributed by atoms with E-state index in [1.807, 2.05) is 0 Å². The molecule has 0 aromatic carbocycles. The van der Waals surface area contributed by atoms with Gasteiger partial charge in [-0.05, 0) is 0 Å². The third-order valence-electron chi connectivity index (χ3n) is 1.56. The first-order valence-corrected chi connectivity index (χ1v) is 6.13. The van der Waals surface area contributed by atoms with E-state index in [1.165, 1.54) is 10.6 Å². The molecule has 0 saturated heterocycles. The maximum atomic E-state index is 2.33.